The largest absolute Gasteiger partial charge is 0.369 e. The summed E-state index contributed by atoms with van der Waals surface area (Å²) in [5.74, 6) is 0.311. The van der Waals surface area contributed by atoms with Crippen molar-refractivity contribution in [2.75, 3.05) is 5.73 Å². The van der Waals surface area contributed by atoms with Gasteiger partial charge in [-0.15, -0.1) is 0 Å². The standard InChI is InChI=1S/C14H8BrClN4/c15-12-9(16)4-2-5-10(12)20-11-6-1-3-8(7-17)13(11)19-14(20)18/h1-6H,(H2,18,19). The molecule has 0 spiro atoms. The molecule has 0 amide bonds. The fourth-order valence-electron chi connectivity index (χ4n) is 2.13. The van der Waals surface area contributed by atoms with E-state index in [1.54, 1.807) is 22.8 Å². The lowest BCUT2D eigenvalue weighted by Gasteiger charge is -2.09. The number of nitrogen functional groups attached to an aromatic ring is 1. The van der Waals surface area contributed by atoms with Gasteiger partial charge in [0.2, 0.25) is 5.95 Å². The third-order valence-corrected chi connectivity index (χ3v) is 4.38. The summed E-state index contributed by atoms with van der Waals surface area (Å²) in [5.41, 5.74) is 8.63. The fraction of sp³-hybridized carbons (Fsp3) is 0. The Balaban J connectivity index is 2.41. The van der Waals surface area contributed by atoms with Gasteiger partial charge in [0.05, 0.1) is 26.3 Å². The monoisotopic (exact) mass is 346 g/mol. The molecule has 0 aliphatic rings. The van der Waals surface area contributed by atoms with Crippen molar-refractivity contribution in [3.8, 4) is 11.8 Å². The average molecular weight is 348 g/mol. The van der Waals surface area contributed by atoms with E-state index in [-0.39, 0.29) is 0 Å². The second-order valence-corrected chi connectivity index (χ2v) is 5.36. The zero-order chi connectivity index (χ0) is 14.3. The van der Waals surface area contributed by atoms with Gasteiger partial charge in [-0.25, -0.2) is 4.98 Å². The SMILES string of the molecule is N#Cc1cccc2c1nc(N)n2-c1cccc(Cl)c1Br. The second-order valence-electron chi connectivity index (χ2n) is 4.16. The molecule has 4 nitrogen and oxygen atoms in total. The van der Waals surface area contributed by atoms with Crippen molar-refractivity contribution in [3.05, 3.63) is 51.5 Å². The highest BCUT2D eigenvalue weighted by molar-refractivity contribution is 9.10. The summed E-state index contributed by atoms with van der Waals surface area (Å²) in [4.78, 5) is 4.29. The molecule has 20 heavy (non-hydrogen) atoms. The number of para-hydroxylation sites is 1. The number of nitriles is 1. The first kappa shape index (κ1) is 13.0. The van der Waals surface area contributed by atoms with Gasteiger partial charge in [0.15, 0.2) is 0 Å². The van der Waals surface area contributed by atoms with Crippen LogP contribution in [0.5, 0.6) is 0 Å². The molecule has 98 valence electrons. The van der Waals surface area contributed by atoms with Crippen molar-refractivity contribution >= 4 is 44.5 Å². The zero-order valence-electron chi connectivity index (χ0n) is 10.1. The number of rotatable bonds is 1. The number of imidazole rings is 1. The average Bonchev–Trinajstić information content (AvgIpc) is 2.78. The lowest BCUT2D eigenvalue weighted by Crippen LogP contribution is -2.01. The molecule has 0 aliphatic heterocycles. The molecule has 0 aliphatic carbocycles. The number of anilines is 1. The number of hydrogen-bond acceptors (Lipinski definition) is 3. The van der Waals surface area contributed by atoms with Crippen LogP contribution in [0.1, 0.15) is 5.56 Å². The van der Waals surface area contributed by atoms with Gasteiger partial charge in [0.25, 0.3) is 0 Å². The number of aromatic nitrogens is 2. The first-order valence-corrected chi connectivity index (χ1v) is 6.92. The Morgan fingerprint density at radius 3 is 2.75 bits per heavy atom. The van der Waals surface area contributed by atoms with E-state index in [0.717, 1.165) is 15.7 Å². The molecule has 3 aromatic rings. The van der Waals surface area contributed by atoms with E-state index >= 15 is 0 Å². The quantitative estimate of drug-likeness (QED) is 0.726. The summed E-state index contributed by atoms with van der Waals surface area (Å²) in [6, 6.07) is 13.0. The maximum absolute atomic E-state index is 9.13. The first-order valence-electron chi connectivity index (χ1n) is 5.75. The van der Waals surface area contributed by atoms with Crippen molar-refractivity contribution in [2.24, 2.45) is 0 Å². The van der Waals surface area contributed by atoms with Crippen LogP contribution >= 0.6 is 27.5 Å². The molecule has 1 aromatic heterocycles. The highest BCUT2D eigenvalue weighted by Crippen LogP contribution is 2.33. The molecule has 2 N–H and O–H groups in total. The van der Waals surface area contributed by atoms with Crippen LogP contribution in [0, 0.1) is 11.3 Å². The number of benzene rings is 2. The van der Waals surface area contributed by atoms with E-state index in [1.165, 1.54) is 0 Å². The predicted molar refractivity (Wildman–Crippen MR) is 82.9 cm³/mol. The van der Waals surface area contributed by atoms with Gasteiger partial charge in [-0.3, -0.25) is 4.57 Å². The summed E-state index contributed by atoms with van der Waals surface area (Å²) >= 11 is 9.58. The highest BCUT2D eigenvalue weighted by atomic mass is 79.9. The number of nitrogens with two attached hydrogens (primary N) is 1. The Kier molecular flexibility index (Phi) is 3.13. The molecular weight excluding hydrogens is 340 g/mol. The minimum absolute atomic E-state index is 0.311. The van der Waals surface area contributed by atoms with Gasteiger partial charge in [-0.05, 0) is 40.2 Å². The van der Waals surface area contributed by atoms with Crippen LogP contribution in [-0.4, -0.2) is 9.55 Å². The van der Waals surface area contributed by atoms with Crippen LogP contribution < -0.4 is 5.73 Å². The summed E-state index contributed by atoms with van der Waals surface area (Å²) in [6.45, 7) is 0. The van der Waals surface area contributed by atoms with Gasteiger partial charge in [-0.2, -0.15) is 5.26 Å². The molecular formula is C14H8BrClN4. The van der Waals surface area contributed by atoms with E-state index in [2.05, 4.69) is 27.0 Å². The molecule has 3 rings (SSSR count). The third-order valence-electron chi connectivity index (χ3n) is 3.00. The van der Waals surface area contributed by atoms with Crippen LogP contribution in [0.3, 0.4) is 0 Å². The maximum Gasteiger partial charge on any atom is 0.206 e. The summed E-state index contributed by atoms with van der Waals surface area (Å²) < 4.78 is 2.50. The summed E-state index contributed by atoms with van der Waals surface area (Å²) in [7, 11) is 0. The molecule has 6 heteroatoms. The summed E-state index contributed by atoms with van der Waals surface area (Å²) in [6.07, 6.45) is 0. The maximum atomic E-state index is 9.13. The number of fused-ring (bicyclic) bond motifs is 1. The molecule has 0 unspecified atom stereocenters. The van der Waals surface area contributed by atoms with E-state index in [0.29, 0.717) is 22.1 Å². The van der Waals surface area contributed by atoms with Crippen LogP contribution in [0.2, 0.25) is 5.02 Å². The van der Waals surface area contributed by atoms with E-state index in [1.807, 2.05) is 18.2 Å². The molecule has 2 aromatic carbocycles. The summed E-state index contributed by atoms with van der Waals surface area (Å²) in [5, 5.41) is 9.72. The van der Waals surface area contributed by atoms with Crippen molar-refractivity contribution in [2.45, 2.75) is 0 Å². The van der Waals surface area contributed by atoms with Gasteiger partial charge < -0.3 is 5.73 Å². The van der Waals surface area contributed by atoms with Gasteiger partial charge in [-0.1, -0.05) is 23.7 Å². The molecule has 0 atom stereocenters. The van der Waals surface area contributed by atoms with E-state index < -0.39 is 0 Å². The number of hydrogen-bond donors (Lipinski definition) is 1. The van der Waals surface area contributed by atoms with Crippen molar-refractivity contribution in [1.82, 2.24) is 9.55 Å². The number of nitrogens with zero attached hydrogens (tertiary/aromatic N) is 3. The Morgan fingerprint density at radius 1 is 1.25 bits per heavy atom. The van der Waals surface area contributed by atoms with Crippen LogP contribution in [0.15, 0.2) is 40.9 Å². The molecule has 0 fully saturated rings. The lowest BCUT2D eigenvalue weighted by molar-refractivity contribution is 1.10. The van der Waals surface area contributed by atoms with E-state index in [4.69, 9.17) is 22.6 Å². The minimum atomic E-state index is 0.311. The fourth-order valence-corrected chi connectivity index (χ4v) is 2.74. The van der Waals surface area contributed by atoms with E-state index in [9.17, 15) is 0 Å². The smallest absolute Gasteiger partial charge is 0.206 e. The van der Waals surface area contributed by atoms with Gasteiger partial charge in [0, 0.05) is 0 Å². The molecule has 0 bridgehead atoms. The molecule has 0 radical (unpaired) electrons. The van der Waals surface area contributed by atoms with Crippen LogP contribution in [0.4, 0.5) is 5.95 Å². The van der Waals surface area contributed by atoms with Gasteiger partial charge in [0.1, 0.15) is 11.6 Å². The van der Waals surface area contributed by atoms with Crippen LogP contribution in [0.25, 0.3) is 16.7 Å². The third kappa shape index (κ3) is 1.85. The Bertz CT molecular complexity index is 863. The van der Waals surface area contributed by atoms with Gasteiger partial charge >= 0.3 is 0 Å². The Morgan fingerprint density at radius 2 is 2.00 bits per heavy atom. The topological polar surface area (TPSA) is 67.6 Å². The highest BCUT2D eigenvalue weighted by Gasteiger charge is 2.15. The molecule has 1 heterocycles. The minimum Gasteiger partial charge on any atom is -0.369 e. The second kappa shape index (κ2) is 4.82. The molecule has 0 saturated carbocycles. The Hall–Kier alpha value is -2.03. The normalized spacial score (nSPS) is 10.7. The zero-order valence-corrected chi connectivity index (χ0v) is 12.5. The van der Waals surface area contributed by atoms with Crippen molar-refractivity contribution in [3.63, 3.8) is 0 Å². The Labute approximate surface area is 128 Å². The lowest BCUT2D eigenvalue weighted by atomic mass is 10.2. The number of halogens is 2. The van der Waals surface area contributed by atoms with Crippen molar-refractivity contribution in [1.29, 1.82) is 5.26 Å². The first-order chi connectivity index (χ1) is 9.63. The van der Waals surface area contributed by atoms with Crippen molar-refractivity contribution < 1.29 is 0 Å². The predicted octanol–water partition coefficient (Wildman–Crippen LogP) is 3.90. The molecule has 0 saturated heterocycles. The van der Waals surface area contributed by atoms with Crippen LogP contribution in [-0.2, 0) is 0 Å².